The SMILES string of the molecule is O=C1NC2(CCN(C(=O)COc3ccccc3)CC2)Nc2ccc(Br)cc21. The van der Waals surface area contributed by atoms with Crippen molar-refractivity contribution in [2.24, 2.45) is 0 Å². The quantitative estimate of drug-likeness (QED) is 0.786. The van der Waals surface area contributed by atoms with Crippen LogP contribution in [0.25, 0.3) is 0 Å². The van der Waals surface area contributed by atoms with Gasteiger partial charge in [0.1, 0.15) is 11.4 Å². The predicted octanol–water partition coefficient (Wildman–Crippen LogP) is 3.00. The van der Waals surface area contributed by atoms with Gasteiger partial charge in [-0.1, -0.05) is 34.1 Å². The zero-order valence-corrected chi connectivity index (χ0v) is 16.3. The molecule has 140 valence electrons. The lowest BCUT2D eigenvalue weighted by molar-refractivity contribution is -0.134. The minimum Gasteiger partial charge on any atom is -0.484 e. The number of rotatable bonds is 3. The minimum absolute atomic E-state index is 0.0215. The number of carbonyl (C=O) groups is 2. The number of amides is 2. The van der Waals surface area contributed by atoms with Crippen molar-refractivity contribution in [2.45, 2.75) is 18.5 Å². The van der Waals surface area contributed by atoms with Crippen molar-refractivity contribution >= 4 is 33.4 Å². The van der Waals surface area contributed by atoms with Gasteiger partial charge >= 0.3 is 0 Å². The number of nitrogens with one attached hydrogen (secondary N) is 2. The van der Waals surface area contributed by atoms with Gasteiger partial charge in [-0.15, -0.1) is 0 Å². The van der Waals surface area contributed by atoms with Crippen LogP contribution >= 0.6 is 15.9 Å². The first-order chi connectivity index (χ1) is 13.0. The van der Waals surface area contributed by atoms with Crippen LogP contribution in [0.5, 0.6) is 5.75 Å². The number of benzene rings is 2. The molecular weight excluding hydrogens is 410 g/mol. The Kier molecular flexibility index (Phi) is 4.78. The number of fused-ring (bicyclic) bond motifs is 1. The van der Waals surface area contributed by atoms with Crippen LogP contribution in [0.1, 0.15) is 23.2 Å². The van der Waals surface area contributed by atoms with Gasteiger partial charge in [0.15, 0.2) is 6.61 Å². The summed E-state index contributed by atoms with van der Waals surface area (Å²) in [7, 11) is 0. The maximum atomic E-state index is 12.5. The predicted molar refractivity (Wildman–Crippen MR) is 106 cm³/mol. The Hall–Kier alpha value is -2.54. The van der Waals surface area contributed by atoms with Gasteiger partial charge in [-0.25, -0.2) is 0 Å². The number of piperidine rings is 1. The summed E-state index contributed by atoms with van der Waals surface area (Å²) >= 11 is 3.40. The van der Waals surface area contributed by atoms with E-state index in [1.54, 1.807) is 4.90 Å². The summed E-state index contributed by atoms with van der Waals surface area (Å²) < 4.78 is 6.42. The topological polar surface area (TPSA) is 70.7 Å². The number of halogens is 1. The van der Waals surface area contributed by atoms with E-state index in [1.165, 1.54) is 0 Å². The molecule has 2 heterocycles. The van der Waals surface area contributed by atoms with Crippen molar-refractivity contribution in [3.05, 3.63) is 58.6 Å². The highest BCUT2D eigenvalue weighted by Gasteiger charge is 2.41. The third-order valence-corrected chi connectivity index (χ3v) is 5.52. The first-order valence-electron chi connectivity index (χ1n) is 8.91. The molecule has 2 aromatic carbocycles. The van der Waals surface area contributed by atoms with Crippen LogP contribution in [0, 0.1) is 0 Å². The number of hydrogen-bond acceptors (Lipinski definition) is 4. The number of anilines is 1. The zero-order valence-electron chi connectivity index (χ0n) is 14.7. The number of nitrogens with zero attached hydrogens (tertiary/aromatic N) is 1. The molecule has 0 aliphatic carbocycles. The molecule has 1 saturated heterocycles. The van der Waals surface area contributed by atoms with Crippen molar-refractivity contribution in [1.82, 2.24) is 10.2 Å². The Balaban J connectivity index is 1.36. The monoisotopic (exact) mass is 429 g/mol. The first kappa shape index (κ1) is 17.9. The molecule has 2 amide bonds. The van der Waals surface area contributed by atoms with Crippen molar-refractivity contribution in [3.8, 4) is 5.75 Å². The van der Waals surface area contributed by atoms with Crippen molar-refractivity contribution in [3.63, 3.8) is 0 Å². The standard InChI is InChI=1S/C20H20BrN3O3/c21-14-6-7-17-16(12-14)19(26)23-20(22-17)8-10-24(11-9-20)18(25)13-27-15-4-2-1-3-5-15/h1-7,12,22H,8-11,13H2,(H,23,26). The average Bonchev–Trinajstić information content (AvgIpc) is 2.68. The summed E-state index contributed by atoms with van der Waals surface area (Å²) in [6.07, 6.45) is 1.29. The number of para-hydroxylation sites is 1. The Morgan fingerprint density at radius 3 is 2.59 bits per heavy atom. The number of ether oxygens (including phenoxy) is 1. The van der Waals surface area contributed by atoms with Crippen LogP contribution < -0.4 is 15.4 Å². The molecule has 2 aliphatic rings. The smallest absolute Gasteiger partial charge is 0.260 e. The molecule has 0 unspecified atom stereocenters. The van der Waals surface area contributed by atoms with Gasteiger partial charge in [0, 0.05) is 36.1 Å². The molecule has 6 nitrogen and oxygen atoms in total. The van der Waals surface area contributed by atoms with E-state index in [0.717, 1.165) is 10.2 Å². The second-order valence-electron chi connectivity index (χ2n) is 6.83. The maximum Gasteiger partial charge on any atom is 0.260 e. The molecule has 0 bridgehead atoms. The molecule has 2 N–H and O–H groups in total. The van der Waals surface area contributed by atoms with Gasteiger partial charge in [0.25, 0.3) is 11.8 Å². The van der Waals surface area contributed by atoms with Gasteiger partial charge in [-0.05, 0) is 30.3 Å². The molecular formula is C20H20BrN3O3. The van der Waals surface area contributed by atoms with Crippen LogP contribution in [0.15, 0.2) is 53.0 Å². The van der Waals surface area contributed by atoms with E-state index >= 15 is 0 Å². The fourth-order valence-corrected chi connectivity index (χ4v) is 3.89. The van der Waals surface area contributed by atoms with Crippen molar-refractivity contribution < 1.29 is 14.3 Å². The second-order valence-corrected chi connectivity index (χ2v) is 7.75. The minimum atomic E-state index is -0.505. The normalized spacial score (nSPS) is 17.7. The number of carbonyl (C=O) groups excluding carboxylic acids is 2. The molecule has 0 radical (unpaired) electrons. The Morgan fingerprint density at radius 1 is 1.11 bits per heavy atom. The molecule has 7 heteroatoms. The number of likely N-dealkylation sites (tertiary alicyclic amines) is 1. The highest BCUT2D eigenvalue weighted by Crippen LogP contribution is 2.32. The van der Waals surface area contributed by atoms with Gasteiger partial charge in [-0.2, -0.15) is 0 Å². The van der Waals surface area contributed by atoms with Gasteiger partial charge in [-0.3, -0.25) is 9.59 Å². The van der Waals surface area contributed by atoms with Crippen molar-refractivity contribution in [1.29, 1.82) is 0 Å². The third-order valence-electron chi connectivity index (χ3n) is 5.03. The average molecular weight is 430 g/mol. The Morgan fingerprint density at radius 2 is 1.85 bits per heavy atom. The Bertz CT molecular complexity index is 864. The van der Waals surface area contributed by atoms with Crippen LogP contribution in [0.4, 0.5) is 5.69 Å². The molecule has 0 atom stereocenters. The summed E-state index contributed by atoms with van der Waals surface area (Å²) in [5.74, 6) is 0.556. The van der Waals surface area contributed by atoms with E-state index in [2.05, 4.69) is 26.6 Å². The van der Waals surface area contributed by atoms with E-state index in [1.807, 2.05) is 48.5 Å². The highest BCUT2D eigenvalue weighted by molar-refractivity contribution is 9.10. The fourth-order valence-electron chi connectivity index (χ4n) is 3.53. The summed E-state index contributed by atoms with van der Waals surface area (Å²) in [6, 6.07) is 14.9. The third kappa shape index (κ3) is 3.78. The van der Waals surface area contributed by atoms with Crippen LogP contribution in [-0.2, 0) is 4.79 Å². The molecule has 27 heavy (non-hydrogen) atoms. The van der Waals surface area contributed by atoms with Crippen LogP contribution in [0.3, 0.4) is 0 Å². The van der Waals surface area contributed by atoms with E-state index in [-0.39, 0.29) is 18.4 Å². The fraction of sp³-hybridized carbons (Fsp3) is 0.300. The number of hydrogen-bond donors (Lipinski definition) is 2. The van der Waals surface area contributed by atoms with Gasteiger partial charge in [0.2, 0.25) is 0 Å². The maximum absolute atomic E-state index is 12.5. The van der Waals surface area contributed by atoms with Crippen LogP contribution in [-0.4, -0.2) is 42.1 Å². The van der Waals surface area contributed by atoms with Crippen molar-refractivity contribution in [2.75, 3.05) is 25.0 Å². The molecule has 0 saturated carbocycles. The van der Waals surface area contributed by atoms with E-state index in [4.69, 9.17) is 4.74 Å². The molecule has 0 aromatic heterocycles. The molecule has 1 spiro atoms. The molecule has 1 fully saturated rings. The lowest BCUT2D eigenvalue weighted by Gasteiger charge is -2.45. The van der Waals surface area contributed by atoms with Gasteiger partial charge < -0.3 is 20.3 Å². The molecule has 2 aromatic rings. The highest BCUT2D eigenvalue weighted by atomic mass is 79.9. The van der Waals surface area contributed by atoms with E-state index in [0.29, 0.717) is 37.2 Å². The summed E-state index contributed by atoms with van der Waals surface area (Å²) in [5.41, 5.74) is 0.952. The second kappa shape index (κ2) is 7.23. The lowest BCUT2D eigenvalue weighted by Crippen LogP contribution is -2.63. The largest absolute Gasteiger partial charge is 0.484 e. The summed E-state index contributed by atoms with van der Waals surface area (Å²) in [5, 5.41) is 6.56. The van der Waals surface area contributed by atoms with Gasteiger partial charge in [0.05, 0.1) is 5.56 Å². The zero-order chi connectivity index (χ0) is 18.9. The Labute approximate surface area is 166 Å². The van der Waals surface area contributed by atoms with E-state index in [9.17, 15) is 9.59 Å². The lowest BCUT2D eigenvalue weighted by atomic mass is 9.92. The van der Waals surface area contributed by atoms with Crippen LogP contribution in [0.2, 0.25) is 0 Å². The summed E-state index contributed by atoms with van der Waals surface area (Å²) in [6.45, 7) is 1.15. The summed E-state index contributed by atoms with van der Waals surface area (Å²) in [4.78, 5) is 26.7. The molecule has 4 rings (SSSR count). The first-order valence-corrected chi connectivity index (χ1v) is 9.70. The van der Waals surface area contributed by atoms with E-state index < -0.39 is 5.66 Å². The molecule has 2 aliphatic heterocycles.